The molecule has 3 amide bonds. The van der Waals surface area contributed by atoms with Gasteiger partial charge in [-0.1, -0.05) is 31.9 Å². The van der Waals surface area contributed by atoms with Crippen molar-refractivity contribution in [1.29, 1.82) is 0 Å². The minimum atomic E-state index is -1.23. The van der Waals surface area contributed by atoms with Crippen LogP contribution in [0.5, 0.6) is 11.5 Å². The highest BCUT2D eigenvalue weighted by molar-refractivity contribution is 6.04. The molecular formula is C34H46FN3O6. The van der Waals surface area contributed by atoms with Gasteiger partial charge in [-0.05, 0) is 57.4 Å². The van der Waals surface area contributed by atoms with Gasteiger partial charge in [-0.15, -0.1) is 0 Å². The first kappa shape index (κ1) is 33.2. The van der Waals surface area contributed by atoms with Gasteiger partial charge in [0, 0.05) is 64.2 Å². The largest absolute Gasteiger partial charge is 0.493 e. The quantitative estimate of drug-likeness (QED) is 0.302. The molecule has 240 valence electrons. The van der Waals surface area contributed by atoms with Crippen molar-refractivity contribution >= 4 is 23.4 Å². The van der Waals surface area contributed by atoms with Gasteiger partial charge in [0.05, 0.1) is 17.9 Å². The third kappa shape index (κ3) is 7.52. The molecule has 10 heteroatoms. The van der Waals surface area contributed by atoms with Crippen molar-refractivity contribution < 1.29 is 33.0 Å². The predicted octanol–water partition coefficient (Wildman–Crippen LogP) is 5.46. The average Bonchev–Trinajstić information content (AvgIpc) is 3.01. The Morgan fingerprint density at radius 2 is 1.91 bits per heavy atom. The average molecular weight is 612 g/mol. The van der Waals surface area contributed by atoms with Gasteiger partial charge in [0.15, 0.2) is 5.60 Å². The van der Waals surface area contributed by atoms with Crippen molar-refractivity contribution in [3.05, 3.63) is 53.3 Å². The number of carbonyl (C=O) groups is 3. The molecule has 1 aliphatic carbocycles. The maximum absolute atomic E-state index is 15.7. The maximum Gasteiger partial charge on any atom is 0.270 e. The summed E-state index contributed by atoms with van der Waals surface area (Å²) < 4.78 is 32.7. The van der Waals surface area contributed by atoms with Gasteiger partial charge in [-0.25, -0.2) is 4.39 Å². The Kier molecular flexibility index (Phi) is 11.2. The zero-order chi connectivity index (χ0) is 31.9. The Labute approximate surface area is 260 Å². The van der Waals surface area contributed by atoms with Crippen LogP contribution in [0, 0.1) is 5.82 Å². The smallest absolute Gasteiger partial charge is 0.270 e. The van der Waals surface area contributed by atoms with E-state index >= 15 is 4.39 Å². The molecule has 1 heterocycles. The van der Waals surface area contributed by atoms with Crippen LogP contribution in [-0.2, 0) is 14.3 Å². The minimum Gasteiger partial charge on any atom is -0.493 e. The predicted molar refractivity (Wildman–Crippen MR) is 167 cm³/mol. The molecule has 0 bridgehead atoms. The number of nitrogens with one attached hydrogen (secondary N) is 1. The second-order valence-electron chi connectivity index (χ2n) is 11.9. The van der Waals surface area contributed by atoms with Gasteiger partial charge in [0.2, 0.25) is 5.91 Å². The van der Waals surface area contributed by atoms with Crippen LogP contribution < -0.4 is 19.7 Å². The summed E-state index contributed by atoms with van der Waals surface area (Å²) >= 11 is 0. The molecule has 0 radical (unpaired) electrons. The number of nitrogens with zero attached hydrogens (tertiary/aromatic N) is 2. The molecule has 9 nitrogen and oxygen atoms in total. The van der Waals surface area contributed by atoms with Gasteiger partial charge < -0.3 is 29.3 Å². The zero-order valence-electron chi connectivity index (χ0n) is 26.6. The van der Waals surface area contributed by atoms with E-state index in [4.69, 9.17) is 14.2 Å². The first-order valence-corrected chi connectivity index (χ1v) is 15.7. The highest BCUT2D eigenvalue weighted by Crippen LogP contribution is 2.41. The second kappa shape index (κ2) is 14.9. The Hall–Kier alpha value is -3.66. The van der Waals surface area contributed by atoms with Crippen LogP contribution in [0.4, 0.5) is 10.1 Å². The molecule has 0 spiro atoms. The summed E-state index contributed by atoms with van der Waals surface area (Å²) in [7, 11) is 1.67. The number of rotatable bonds is 13. The molecule has 1 fully saturated rings. The Morgan fingerprint density at radius 1 is 1.14 bits per heavy atom. The second-order valence-corrected chi connectivity index (χ2v) is 11.9. The summed E-state index contributed by atoms with van der Waals surface area (Å²) in [4.78, 5) is 42.6. The normalized spacial score (nSPS) is 19.1. The maximum atomic E-state index is 15.7. The molecule has 2 aromatic carbocycles. The van der Waals surface area contributed by atoms with Crippen LogP contribution >= 0.6 is 0 Å². The van der Waals surface area contributed by atoms with Crippen LogP contribution in [0.25, 0.3) is 0 Å². The molecule has 2 aromatic rings. The molecule has 4 rings (SSSR count). The summed E-state index contributed by atoms with van der Waals surface area (Å²) in [6, 6.07) is 10.5. The lowest BCUT2D eigenvalue weighted by molar-refractivity contribution is -0.132. The monoisotopic (exact) mass is 611 g/mol. The SMILES string of the molecule is CCC(=O)NCCN1C(=O)C(C)(C)Oc2cc(F)c(C(=O)N(CC)[C@H]3CCCC[C@@H]3c3cccc(OCCCOC)c3)cc21. The van der Waals surface area contributed by atoms with Gasteiger partial charge in [-0.3, -0.25) is 14.4 Å². The fraction of sp³-hybridized carbons (Fsp3) is 0.559. The van der Waals surface area contributed by atoms with Crippen molar-refractivity contribution in [2.24, 2.45) is 0 Å². The first-order chi connectivity index (χ1) is 21.1. The molecule has 44 heavy (non-hydrogen) atoms. The number of hydrogen-bond donors (Lipinski definition) is 1. The molecule has 1 N–H and O–H groups in total. The zero-order valence-corrected chi connectivity index (χ0v) is 26.6. The van der Waals surface area contributed by atoms with E-state index in [-0.39, 0.29) is 48.2 Å². The van der Waals surface area contributed by atoms with Gasteiger partial charge in [-0.2, -0.15) is 0 Å². The number of fused-ring (bicyclic) bond motifs is 1. The van der Waals surface area contributed by atoms with E-state index < -0.39 is 17.3 Å². The highest BCUT2D eigenvalue weighted by atomic mass is 19.1. The van der Waals surface area contributed by atoms with Gasteiger partial charge in [0.1, 0.15) is 17.3 Å². The lowest BCUT2D eigenvalue weighted by Gasteiger charge is -2.41. The topological polar surface area (TPSA) is 97.4 Å². The van der Waals surface area contributed by atoms with E-state index in [1.165, 1.54) is 17.0 Å². The fourth-order valence-electron chi connectivity index (χ4n) is 6.19. The number of likely N-dealkylation sites (N-methyl/N-ethyl adjacent to an activating group) is 1. The summed E-state index contributed by atoms with van der Waals surface area (Å²) in [5.41, 5.74) is 0.0767. The van der Waals surface area contributed by atoms with Crippen LogP contribution in [0.2, 0.25) is 0 Å². The Balaban J connectivity index is 1.62. The molecule has 2 aliphatic rings. The molecule has 2 atom stereocenters. The summed E-state index contributed by atoms with van der Waals surface area (Å²) in [5, 5.41) is 2.78. The first-order valence-electron chi connectivity index (χ1n) is 15.7. The highest BCUT2D eigenvalue weighted by Gasteiger charge is 2.42. The van der Waals surface area contributed by atoms with E-state index in [1.54, 1.807) is 32.8 Å². The Morgan fingerprint density at radius 3 is 2.64 bits per heavy atom. The number of amides is 3. The lowest BCUT2D eigenvalue weighted by atomic mass is 9.79. The molecule has 1 aliphatic heterocycles. The van der Waals surface area contributed by atoms with Crippen LogP contribution in [-0.4, -0.2) is 74.2 Å². The van der Waals surface area contributed by atoms with Crippen molar-refractivity contribution in [3.8, 4) is 11.5 Å². The van der Waals surface area contributed by atoms with Crippen molar-refractivity contribution in [3.63, 3.8) is 0 Å². The van der Waals surface area contributed by atoms with Gasteiger partial charge in [0.25, 0.3) is 11.8 Å². The number of hydrogen-bond acceptors (Lipinski definition) is 6. The fourth-order valence-corrected chi connectivity index (χ4v) is 6.19. The number of methoxy groups -OCH3 is 1. The third-order valence-corrected chi connectivity index (χ3v) is 8.45. The van der Waals surface area contributed by atoms with Crippen molar-refractivity contribution in [2.45, 2.75) is 83.8 Å². The molecule has 0 aromatic heterocycles. The standard InChI is InChI=1S/C34H46FN3O6/c1-6-31(39)36-16-17-38-29-21-26(27(35)22-30(29)44-34(3,4)33(38)41)32(40)37(7-2)28-15-9-8-14-25(28)23-12-10-13-24(20-23)43-19-11-18-42-5/h10,12-13,20-22,25,28H,6-9,11,14-19H2,1-5H3,(H,36,39)/t25-,28+/m1/s1. The lowest BCUT2D eigenvalue weighted by Crippen LogP contribution is -2.54. The molecule has 0 unspecified atom stereocenters. The summed E-state index contributed by atoms with van der Waals surface area (Å²) in [5.74, 6) is -0.551. The molecular weight excluding hydrogens is 565 g/mol. The third-order valence-electron chi connectivity index (χ3n) is 8.45. The van der Waals surface area contributed by atoms with Crippen LogP contribution in [0.1, 0.15) is 88.1 Å². The Bertz CT molecular complexity index is 1330. The molecule has 0 saturated heterocycles. The summed E-state index contributed by atoms with van der Waals surface area (Å²) in [6.07, 6.45) is 4.83. The number of ether oxygens (including phenoxy) is 3. The van der Waals surface area contributed by atoms with E-state index in [0.717, 1.165) is 43.4 Å². The van der Waals surface area contributed by atoms with E-state index in [2.05, 4.69) is 11.4 Å². The van der Waals surface area contributed by atoms with E-state index in [9.17, 15) is 14.4 Å². The van der Waals surface area contributed by atoms with Crippen molar-refractivity contribution in [1.82, 2.24) is 10.2 Å². The van der Waals surface area contributed by atoms with Crippen molar-refractivity contribution in [2.75, 3.05) is 44.9 Å². The number of anilines is 1. The van der Waals surface area contributed by atoms with Crippen LogP contribution in [0.3, 0.4) is 0 Å². The number of carbonyl (C=O) groups excluding carboxylic acids is 3. The number of halogens is 1. The number of benzene rings is 2. The summed E-state index contributed by atoms with van der Waals surface area (Å²) in [6.45, 7) is 8.86. The van der Waals surface area contributed by atoms with E-state index in [1.807, 2.05) is 25.1 Å². The molecule has 1 saturated carbocycles. The van der Waals surface area contributed by atoms with Crippen LogP contribution in [0.15, 0.2) is 36.4 Å². The minimum absolute atomic E-state index is 0.0697. The van der Waals surface area contributed by atoms with E-state index in [0.29, 0.717) is 31.9 Å². The van der Waals surface area contributed by atoms with Gasteiger partial charge >= 0.3 is 0 Å².